The predicted octanol–water partition coefficient (Wildman–Crippen LogP) is 1.46. The van der Waals surface area contributed by atoms with Crippen LogP contribution in [0.25, 0.3) is 11.0 Å². The molecule has 1 aromatic heterocycles. The van der Waals surface area contributed by atoms with E-state index in [0.29, 0.717) is 17.8 Å². The molecule has 17 heavy (non-hydrogen) atoms. The summed E-state index contributed by atoms with van der Waals surface area (Å²) in [7, 11) is 1.67. The minimum atomic E-state index is -0.0676. The van der Waals surface area contributed by atoms with Gasteiger partial charge in [0.05, 0.1) is 13.0 Å². The fourth-order valence-electron chi connectivity index (χ4n) is 1.57. The Bertz CT molecular complexity index is 580. The Hall–Kier alpha value is -2.28. The normalized spacial score (nSPS) is 10.1. The number of benzene rings is 1. The molecule has 0 N–H and O–H groups in total. The highest BCUT2D eigenvalue weighted by Gasteiger charge is 2.14. The second-order valence-corrected chi connectivity index (χ2v) is 3.76. The lowest BCUT2D eigenvalue weighted by molar-refractivity contribution is -0.128. The third-order valence-corrected chi connectivity index (χ3v) is 2.53. The molecule has 1 heterocycles. The van der Waals surface area contributed by atoms with Gasteiger partial charge in [0.2, 0.25) is 5.91 Å². The average Bonchev–Trinajstić information content (AvgIpc) is 2.73. The van der Waals surface area contributed by atoms with Gasteiger partial charge in [-0.1, -0.05) is 23.2 Å². The first-order chi connectivity index (χ1) is 8.22. The lowest BCUT2D eigenvalue weighted by Gasteiger charge is -2.12. The maximum absolute atomic E-state index is 11.8. The number of hydrogen-bond donors (Lipinski definition) is 0. The van der Waals surface area contributed by atoms with Crippen LogP contribution in [0, 0.1) is 12.3 Å². The molecule has 0 bridgehead atoms. The van der Waals surface area contributed by atoms with E-state index in [-0.39, 0.29) is 12.3 Å². The van der Waals surface area contributed by atoms with Crippen LogP contribution in [0.2, 0.25) is 0 Å². The molecule has 0 saturated carbocycles. The summed E-state index contributed by atoms with van der Waals surface area (Å²) >= 11 is 0. The minimum absolute atomic E-state index is 0.0676. The van der Waals surface area contributed by atoms with Crippen molar-refractivity contribution in [1.82, 2.24) is 10.1 Å². The van der Waals surface area contributed by atoms with E-state index in [0.717, 1.165) is 5.39 Å². The molecule has 0 fully saturated rings. The van der Waals surface area contributed by atoms with E-state index in [2.05, 4.69) is 11.1 Å². The van der Waals surface area contributed by atoms with Gasteiger partial charge in [0.1, 0.15) is 5.69 Å². The summed E-state index contributed by atoms with van der Waals surface area (Å²) in [4.78, 5) is 13.3. The maximum Gasteiger partial charge on any atom is 0.229 e. The molecular weight excluding hydrogens is 216 g/mol. The second kappa shape index (κ2) is 4.71. The van der Waals surface area contributed by atoms with E-state index < -0.39 is 0 Å². The molecule has 0 aliphatic rings. The third kappa shape index (κ3) is 2.28. The fraction of sp³-hybridized carbons (Fsp3) is 0.231. The zero-order valence-corrected chi connectivity index (χ0v) is 9.51. The molecule has 2 rings (SSSR count). The molecule has 0 aliphatic carbocycles. The highest BCUT2D eigenvalue weighted by atomic mass is 16.5. The predicted molar refractivity (Wildman–Crippen MR) is 64.2 cm³/mol. The molecule has 0 unspecified atom stereocenters. The van der Waals surface area contributed by atoms with Crippen molar-refractivity contribution in [1.29, 1.82) is 0 Å². The van der Waals surface area contributed by atoms with Crippen LogP contribution in [-0.2, 0) is 11.2 Å². The van der Waals surface area contributed by atoms with Crippen molar-refractivity contribution in [2.45, 2.75) is 6.42 Å². The Morgan fingerprint density at radius 2 is 2.29 bits per heavy atom. The molecule has 0 aliphatic heterocycles. The van der Waals surface area contributed by atoms with Crippen molar-refractivity contribution in [3.8, 4) is 12.3 Å². The average molecular weight is 228 g/mol. The van der Waals surface area contributed by atoms with E-state index in [4.69, 9.17) is 10.9 Å². The maximum atomic E-state index is 11.8. The quantitative estimate of drug-likeness (QED) is 0.747. The van der Waals surface area contributed by atoms with E-state index in [9.17, 15) is 4.79 Å². The van der Waals surface area contributed by atoms with Gasteiger partial charge in [0.25, 0.3) is 0 Å². The van der Waals surface area contributed by atoms with Crippen molar-refractivity contribution in [3.63, 3.8) is 0 Å². The Kier molecular flexibility index (Phi) is 3.10. The SMILES string of the molecule is C#CCN(C)C(=O)Cc1noc2ccccc12. The number of carbonyl (C=O) groups is 1. The third-order valence-electron chi connectivity index (χ3n) is 2.53. The van der Waals surface area contributed by atoms with E-state index in [1.165, 1.54) is 4.90 Å². The number of aromatic nitrogens is 1. The molecule has 1 aromatic carbocycles. The number of carbonyl (C=O) groups excluding carboxylic acids is 1. The van der Waals surface area contributed by atoms with Crippen LogP contribution in [0.1, 0.15) is 5.69 Å². The number of rotatable bonds is 3. The van der Waals surface area contributed by atoms with Crippen LogP contribution in [0.5, 0.6) is 0 Å². The van der Waals surface area contributed by atoms with Crippen LogP contribution in [0.3, 0.4) is 0 Å². The molecule has 4 heteroatoms. The first kappa shape index (κ1) is 11.2. The molecule has 2 aromatic rings. The molecule has 0 saturated heterocycles. The summed E-state index contributed by atoms with van der Waals surface area (Å²) in [6, 6.07) is 7.46. The molecule has 1 amide bonds. The highest BCUT2D eigenvalue weighted by Crippen LogP contribution is 2.18. The largest absolute Gasteiger partial charge is 0.356 e. The van der Waals surface area contributed by atoms with Crippen LogP contribution < -0.4 is 0 Å². The van der Waals surface area contributed by atoms with Gasteiger partial charge >= 0.3 is 0 Å². The van der Waals surface area contributed by atoms with Crippen LogP contribution >= 0.6 is 0 Å². The number of hydrogen-bond acceptors (Lipinski definition) is 3. The summed E-state index contributed by atoms with van der Waals surface area (Å²) < 4.78 is 5.13. The van der Waals surface area contributed by atoms with Crippen molar-refractivity contribution >= 4 is 16.9 Å². The summed E-state index contributed by atoms with van der Waals surface area (Å²) in [6.45, 7) is 0.300. The van der Waals surface area contributed by atoms with Crippen molar-refractivity contribution in [2.24, 2.45) is 0 Å². The first-order valence-electron chi connectivity index (χ1n) is 5.23. The number of nitrogens with zero attached hydrogens (tertiary/aromatic N) is 2. The highest BCUT2D eigenvalue weighted by molar-refractivity contribution is 5.86. The molecule has 4 nitrogen and oxygen atoms in total. The number of terminal acetylenes is 1. The zero-order valence-electron chi connectivity index (χ0n) is 9.51. The Labute approximate surface area is 99.2 Å². The van der Waals surface area contributed by atoms with Crippen molar-refractivity contribution in [2.75, 3.05) is 13.6 Å². The number of likely N-dealkylation sites (N-methyl/N-ethyl adjacent to an activating group) is 1. The smallest absolute Gasteiger partial charge is 0.229 e. The van der Waals surface area contributed by atoms with Gasteiger partial charge in [-0.3, -0.25) is 4.79 Å². The number of amides is 1. The topological polar surface area (TPSA) is 46.3 Å². The Morgan fingerprint density at radius 3 is 3.06 bits per heavy atom. The summed E-state index contributed by atoms with van der Waals surface area (Å²) in [5.74, 6) is 2.36. The Morgan fingerprint density at radius 1 is 1.53 bits per heavy atom. The summed E-state index contributed by atoms with van der Waals surface area (Å²) in [5.41, 5.74) is 1.34. The minimum Gasteiger partial charge on any atom is -0.356 e. The van der Waals surface area contributed by atoms with Gasteiger partial charge < -0.3 is 9.42 Å². The molecule has 86 valence electrons. The first-order valence-corrected chi connectivity index (χ1v) is 5.23. The van der Waals surface area contributed by atoms with Gasteiger partial charge in [-0.25, -0.2) is 0 Å². The van der Waals surface area contributed by atoms with E-state index in [1.54, 1.807) is 7.05 Å². The lowest BCUT2D eigenvalue weighted by Crippen LogP contribution is -2.28. The second-order valence-electron chi connectivity index (χ2n) is 3.76. The van der Waals surface area contributed by atoms with E-state index >= 15 is 0 Å². The van der Waals surface area contributed by atoms with Gasteiger partial charge in [0.15, 0.2) is 5.58 Å². The fourth-order valence-corrected chi connectivity index (χ4v) is 1.57. The van der Waals surface area contributed by atoms with Crippen LogP contribution in [0.4, 0.5) is 0 Å². The lowest BCUT2D eigenvalue weighted by atomic mass is 10.1. The zero-order chi connectivity index (χ0) is 12.3. The number of para-hydroxylation sites is 1. The van der Waals surface area contributed by atoms with Crippen molar-refractivity contribution in [3.05, 3.63) is 30.0 Å². The van der Waals surface area contributed by atoms with Gasteiger partial charge in [-0.2, -0.15) is 0 Å². The summed E-state index contributed by atoms with van der Waals surface area (Å²) in [6.07, 6.45) is 5.36. The van der Waals surface area contributed by atoms with Crippen molar-refractivity contribution < 1.29 is 9.32 Å². The summed E-state index contributed by atoms with van der Waals surface area (Å²) in [5, 5.41) is 4.77. The monoisotopic (exact) mass is 228 g/mol. The van der Waals surface area contributed by atoms with Crippen LogP contribution in [0.15, 0.2) is 28.8 Å². The Balaban J connectivity index is 2.19. The molecule has 0 spiro atoms. The molecular formula is C13H12N2O2. The standard InChI is InChI=1S/C13H12N2O2/c1-3-8-15(2)13(16)9-11-10-6-4-5-7-12(10)17-14-11/h1,4-7H,8-9H2,2H3. The van der Waals surface area contributed by atoms with Gasteiger partial charge in [0, 0.05) is 12.4 Å². The number of fused-ring (bicyclic) bond motifs is 1. The van der Waals surface area contributed by atoms with E-state index in [1.807, 2.05) is 24.3 Å². The molecule has 0 atom stereocenters. The van der Waals surface area contributed by atoms with Gasteiger partial charge in [-0.05, 0) is 12.1 Å². The van der Waals surface area contributed by atoms with Crippen LogP contribution in [-0.4, -0.2) is 29.6 Å². The van der Waals surface area contributed by atoms with Gasteiger partial charge in [-0.15, -0.1) is 6.42 Å². The molecule has 0 radical (unpaired) electrons.